The Balaban J connectivity index is 2.46. The van der Waals surface area contributed by atoms with Gasteiger partial charge in [0.1, 0.15) is 0 Å². The molecule has 0 aliphatic heterocycles. The van der Waals surface area contributed by atoms with Gasteiger partial charge in [-0.2, -0.15) is 0 Å². The van der Waals surface area contributed by atoms with Crippen molar-refractivity contribution in [1.29, 1.82) is 0 Å². The van der Waals surface area contributed by atoms with Crippen LogP contribution in [0, 0.1) is 10.1 Å². The van der Waals surface area contributed by atoms with Gasteiger partial charge in [0, 0.05) is 18.7 Å². The lowest BCUT2D eigenvalue weighted by molar-refractivity contribution is -0.384. The van der Waals surface area contributed by atoms with Crippen LogP contribution in [0.4, 0.5) is 5.69 Å². The molecule has 6 heteroatoms. The van der Waals surface area contributed by atoms with Crippen LogP contribution < -0.4 is 11.1 Å². The molecule has 0 unspecified atom stereocenters. The number of nitrogens with one attached hydrogen (secondary N) is 1. The van der Waals surface area contributed by atoms with Crippen LogP contribution in [0.25, 0.3) is 0 Å². The SMILES string of the molecule is NCCCNC(=O)Cc1ccc([N+](=O)[O-])cc1. The molecule has 0 aliphatic rings. The lowest BCUT2D eigenvalue weighted by Gasteiger charge is -2.04. The number of amides is 1. The number of carbonyl (C=O) groups excluding carboxylic acids is 1. The normalized spacial score (nSPS) is 9.94. The molecule has 0 bridgehead atoms. The highest BCUT2D eigenvalue weighted by molar-refractivity contribution is 5.78. The zero-order valence-electron chi connectivity index (χ0n) is 9.39. The topological polar surface area (TPSA) is 98.3 Å². The third-order valence-electron chi connectivity index (χ3n) is 2.21. The van der Waals surface area contributed by atoms with Crippen LogP contribution in [0.15, 0.2) is 24.3 Å². The number of non-ortho nitro benzene ring substituents is 1. The summed E-state index contributed by atoms with van der Waals surface area (Å²) in [7, 11) is 0. The van der Waals surface area contributed by atoms with Crippen molar-refractivity contribution in [1.82, 2.24) is 5.32 Å². The molecule has 0 saturated carbocycles. The molecule has 6 nitrogen and oxygen atoms in total. The molecule has 0 fully saturated rings. The smallest absolute Gasteiger partial charge is 0.269 e. The van der Waals surface area contributed by atoms with Crippen LogP contribution in [0.5, 0.6) is 0 Å². The molecule has 0 saturated heterocycles. The Morgan fingerprint density at radius 2 is 2.00 bits per heavy atom. The number of nitrogens with two attached hydrogens (primary N) is 1. The minimum Gasteiger partial charge on any atom is -0.356 e. The fourth-order valence-corrected chi connectivity index (χ4v) is 1.31. The number of benzene rings is 1. The molecule has 1 rings (SSSR count). The molecule has 92 valence electrons. The first-order valence-electron chi connectivity index (χ1n) is 5.33. The zero-order chi connectivity index (χ0) is 12.7. The molecule has 0 aliphatic carbocycles. The molecular weight excluding hydrogens is 222 g/mol. The molecule has 1 amide bonds. The van der Waals surface area contributed by atoms with E-state index in [4.69, 9.17) is 5.73 Å². The third kappa shape index (κ3) is 4.60. The number of nitrogens with zero attached hydrogens (tertiary/aromatic N) is 1. The van der Waals surface area contributed by atoms with Gasteiger partial charge >= 0.3 is 0 Å². The first-order chi connectivity index (χ1) is 8.13. The molecule has 0 atom stereocenters. The number of carbonyl (C=O) groups is 1. The van der Waals surface area contributed by atoms with E-state index in [9.17, 15) is 14.9 Å². The number of hydrogen-bond acceptors (Lipinski definition) is 4. The van der Waals surface area contributed by atoms with Gasteiger partial charge in [0.05, 0.1) is 11.3 Å². The molecule has 0 radical (unpaired) electrons. The quantitative estimate of drug-likeness (QED) is 0.430. The Hall–Kier alpha value is -1.95. The van der Waals surface area contributed by atoms with Crippen LogP contribution in [0.2, 0.25) is 0 Å². The van der Waals surface area contributed by atoms with Gasteiger partial charge in [0.2, 0.25) is 5.91 Å². The van der Waals surface area contributed by atoms with Gasteiger partial charge < -0.3 is 11.1 Å². The van der Waals surface area contributed by atoms with Gasteiger partial charge in [-0.3, -0.25) is 14.9 Å². The minimum absolute atomic E-state index is 0.0253. The van der Waals surface area contributed by atoms with Gasteiger partial charge in [-0.1, -0.05) is 12.1 Å². The van der Waals surface area contributed by atoms with E-state index >= 15 is 0 Å². The van der Waals surface area contributed by atoms with E-state index in [1.165, 1.54) is 12.1 Å². The first kappa shape index (κ1) is 13.1. The summed E-state index contributed by atoms with van der Waals surface area (Å²) in [5.41, 5.74) is 6.07. The summed E-state index contributed by atoms with van der Waals surface area (Å²) in [6.45, 7) is 1.10. The van der Waals surface area contributed by atoms with Crippen molar-refractivity contribution in [2.45, 2.75) is 12.8 Å². The molecule has 1 aromatic carbocycles. The summed E-state index contributed by atoms with van der Waals surface area (Å²) in [5.74, 6) is -0.104. The van der Waals surface area contributed by atoms with Gasteiger partial charge in [0.25, 0.3) is 5.69 Å². The summed E-state index contributed by atoms with van der Waals surface area (Å²) in [6.07, 6.45) is 0.967. The summed E-state index contributed by atoms with van der Waals surface area (Å²) in [6, 6.07) is 5.95. The van der Waals surface area contributed by atoms with Gasteiger partial charge in [-0.15, -0.1) is 0 Å². The highest BCUT2D eigenvalue weighted by Crippen LogP contribution is 2.12. The van der Waals surface area contributed by atoms with Crippen molar-refractivity contribution < 1.29 is 9.72 Å². The highest BCUT2D eigenvalue weighted by atomic mass is 16.6. The number of nitro groups is 1. The average Bonchev–Trinajstić information content (AvgIpc) is 2.30. The average molecular weight is 237 g/mol. The molecule has 3 N–H and O–H groups in total. The molecule has 17 heavy (non-hydrogen) atoms. The predicted octanol–water partition coefficient (Wildman–Crippen LogP) is 0.602. The minimum atomic E-state index is -0.467. The largest absolute Gasteiger partial charge is 0.356 e. The van der Waals surface area contributed by atoms with E-state index in [0.717, 1.165) is 12.0 Å². The molecule has 1 aromatic rings. The van der Waals surface area contributed by atoms with Gasteiger partial charge in [-0.25, -0.2) is 0 Å². The molecule has 0 aromatic heterocycles. The maximum atomic E-state index is 11.4. The van der Waals surface area contributed by atoms with Crippen LogP contribution in [-0.2, 0) is 11.2 Å². The lowest BCUT2D eigenvalue weighted by Crippen LogP contribution is -2.27. The van der Waals surface area contributed by atoms with Crippen LogP contribution in [-0.4, -0.2) is 23.9 Å². The van der Waals surface area contributed by atoms with Crippen molar-refractivity contribution in [2.24, 2.45) is 5.73 Å². The number of hydrogen-bond donors (Lipinski definition) is 2. The van der Waals surface area contributed by atoms with E-state index in [1.54, 1.807) is 12.1 Å². The van der Waals surface area contributed by atoms with E-state index < -0.39 is 4.92 Å². The standard InChI is InChI=1S/C11H15N3O3/c12-6-1-7-13-11(15)8-9-2-4-10(5-3-9)14(16)17/h2-5H,1,6-8,12H2,(H,13,15). The first-order valence-corrected chi connectivity index (χ1v) is 5.33. The second-order valence-corrected chi connectivity index (χ2v) is 3.59. The van der Waals surface area contributed by atoms with E-state index in [2.05, 4.69) is 5.32 Å². The van der Waals surface area contributed by atoms with E-state index in [0.29, 0.717) is 13.1 Å². The second kappa shape index (κ2) is 6.59. The summed E-state index contributed by atoms with van der Waals surface area (Å²) >= 11 is 0. The maximum absolute atomic E-state index is 11.4. The number of rotatable bonds is 6. The second-order valence-electron chi connectivity index (χ2n) is 3.59. The fourth-order valence-electron chi connectivity index (χ4n) is 1.31. The monoisotopic (exact) mass is 237 g/mol. The molecule has 0 spiro atoms. The summed E-state index contributed by atoms with van der Waals surface area (Å²) in [4.78, 5) is 21.4. The Bertz CT molecular complexity index is 389. The highest BCUT2D eigenvalue weighted by Gasteiger charge is 2.06. The molecular formula is C11H15N3O3. The van der Waals surface area contributed by atoms with Crippen LogP contribution in [0.3, 0.4) is 0 Å². The van der Waals surface area contributed by atoms with E-state index in [1.807, 2.05) is 0 Å². The van der Waals surface area contributed by atoms with Crippen molar-refractivity contribution in [3.8, 4) is 0 Å². The van der Waals surface area contributed by atoms with Crippen molar-refractivity contribution in [3.05, 3.63) is 39.9 Å². The zero-order valence-corrected chi connectivity index (χ0v) is 9.39. The molecule has 0 heterocycles. The van der Waals surface area contributed by atoms with Crippen molar-refractivity contribution in [3.63, 3.8) is 0 Å². The van der Waals surface area contributed by atoms with E-state index in [-0.39, 0.29) is 18.0 Å². The summed E-state index contributed by atoms with van der Waals surface area (Å²) < 4.78 is 0. The Morgan fingerprint density at radius 1 is 1.35 bits per heavy atom. The Kier molecular flexibility index (Phi) is 5.09. The summed E-state index contributed by atoms with van der Waals surface area (Å²) in [5, 5.41) is 13.1. The van der Waals surface area contributed by atoms with Crippen molar-refractivity contribution in [2.75, 3.05) is 13.1 Å². The third-order valence-corrected chi connectivity index (χ3v) is 2.21. The number of nitro benzene ring substituents is 1. The predicted molar refractivity (Wildman–Crippen MR) is 63.5 cm³/mol. The lowest BCUT2D eigenvalue weighted by atomic mass is 10.1. The van der Waals surface area contributed by atoms with Crippen LogP contribution in [0.1, 0.15) is 12.0 Å². The van der Waals surface area contributed by atoms with Crippen LogP contribution >= 0.6 is 0 Å². The fraction of sp³-hybridized carbons (Fsp3) is 0.364. The Morgan fingerprint density at radius 3 is 2.53 bits per heavy atom. The maximum Gasteiger partial charge on any atom is 0.269 e. The van der Waals surface area contributed by atoms with Gasteiger partial charge in [0.15, 0.2) is 0 Å². The van der Waals surface area contributed by atoms with Gasteiger partial charge in [-0.05, 0) is 18.5 Å². The van der Waals surface area contributed by atoms with Crippen molar-refractivity contribution >= 4 is 11.6 Å². The Labute approximate surface area is 99.0 Å².